The zero-order valence-corrected chi connectivity index (χ0v) is 27.4. The summed E-state index contributed by atoms with van der Waals surface area (Å²) in [5, 5.41) is 7.11. The molecule has 0 saturated heterocycles. The van der Waals surface area contributed by atoms with Gasteiger partial charge in [-0.05, 0) is 104 Å². The number of para-hydroxylation sites is 2. The van der Waals surface area contributed by atoms with Crippen LogP contribution in [0.25, 0.3) is 65.7 Å². The van der Waals surface area contributed by atoms with E-state index in [-0.39, 0.29) is 5.41 Å². The lowest BCUT2D eigenvalue weighted by Crippen LogP contribution is -2.15. The molecule has 9 aromatic rings. The standard InChI is InChI=1S/C47H33NO/c1-47(2)42-16-8-5-14-38(42)40-29-36(23-24-43(40)47)48(44-17-9-6-13-37(44)33-20-19-30-11-3-4-12-31(30)25-33)35-22-21-32-27-41-39-15-7-10-18-45(39)49-46(41)28-34(32)26-35/h3-29H,1-2H3. The molecule has 49 heavy (non-hydrogen) atoms. The van der Waals surface area contributed by atoms with E-state index >= 15 is 0 Å². The van der Waals surface area contributed by atoms with Crippen molar-refractivity contribution >= 4 is 60.5 Å². The van der Waals surface area contributed by atoms with Gasteiger partial charge in [-0.1, -0.05) is 123 Å². The second-order valence-electron chi connectivity index (χ2n) is 13.8. The summed E-state index contributed by atoms with van der Waals surface area (Å²) in [5.74, 6) is 0. The highest BCUT2D eigenvalue weighted by Crippen LogP contribution is 2.51. The first kappa shape index (κ1) is 27.9. The van der Waals surface area contributed by atoms with Gasteiger partial charge < -0.3 is 9.32 Å². The van der Waals surface area contributed by atoms with Gasteiger partial charge in [0.05, 0.1) is 5.69 Å². The van der Waals surface area contributed by atoms with Crippen molar-refractivity contribution in [3.8, 4) is 22.3 Å². The zero-order valence-electron chi connectivity index (χ0n) is 27.4. The Kier molecular flexibility index (Phi) is 5.95. The SMILES string of the molecule is CC1(C)c2ccccc2-c2cc(N(c3ccc4cc5c(cc4c3)oc3ccccc35)c3ccccc3-c3ccc4ccccc4c3)ccc21. The number of fused-ring (bicyclic) bond motifs is 8. The van der Waals surface area contributed by atoms with E-state index in [4.69, 9.17) is 4.42 Å². The monoisotopic (exact) mass is 627 g/mol. The van der Waals surface area contributed by atoms with Gasteiger partial charge in [0.2, 0.25) is 0 Å². The largest absolute Gasteiger partial charge is 0.456 e. The highest BCUT2D eigenvalue weighted by atomic mass is 16.3. The van der Waals surface area contributed by atoms with Gasteiger partial charge in [0.1, 0.15) is 11.2 Å². The minimum absolute atomic E-state index is 0.0564. The van der Waals surface area contributed by atoms with Crippen molar-refractivity contribution in [3.63, 3.8) is 0 Å². The van der Waals surface area contributed by atoms with E-state index in [1.54, 1.807) is 0 Å². The summed E-state index contributed by atoms with van der Waals surface area (Å²) < 4.78 is 6.33. The van der Waals surface area contributed by atoms with E-state index in [0.717, 1.165) is 44.4 Å². The lowest BCUT2D eigenvalue weighted by atomic mass is 9.82. The molecule has 10 rings (SSSR count). The van der Waals surface area contributed by atoms with E-state index in [1.807, 2.05) is 12.1 Å². The van der Waals surface area contributed by atoms with E-state index in [1.165, 1.54) is 49.5 Å². The molecule has 0 fully saturated rings. The quantitative estimate of drug-likeness (QED) is 0.193. The van der Waals surface area contributed by atoms with Crippen molar-refractivity contribution < 1.29 is 4.42 Å². The average molecular weight is 628 g/mol. The van der Waals surface area contributed by atoms with Crippen molar-refractivity contribution in [2.45, 2.75) is 19.3 Å². The highest BCUT2D eigenvalue weighted by Gasteiger charge is 2.35. The molecule has 1 aliphatic rings. The fourth-order valence-electron chi connectivity index (χ4n) is 8.14. The van der Waals surface area contributed by atoms with Crippen LogP contribution in [0.3, 0.4) is 0 Å². The summed E-state index contributed by atoms with van der Waals surface area (Å²) in [6.07, 6.45) is 0. The number of furan rings is 1. The molecule has 0 amide bonds. The lowest BCUT2D eigenvalue weighted by Gasteiger charge is -2.29. The fraction of sp³-hybridized carbons (Fsp3) is 0.0638. The molecule has 0 unspecified atom stereocenters. The Morgan fingerprint density at radius 2 is 1.10 bits per heavy atom. The smallest absolute Gasteiger partial charge is 0.136 e. The normalized spacial score (nSPS) is 13.3. The summed E-state index contributed by atoms with van der Waals surface area (Å²) in [7, 11) is 0. The van der Waals surface area contributed by atoms with Crippen LogP contribution in [0.15, 0.2) is 168 Å². The van der Waals surface area contributed by atoms with Crippen LogP contribution in [0.1, 0.15) is 25.0 Å². The lowest BCUT2D eigenvalue weighted by molar-refractivity contribution is 0.660. The Bertz CT molecular complexity index is 2770. The average Bonchev–Trinajstić information content (AvgIpc) is 3.61. The molecule has 1 aliphatic carbocycles. The summed E-state index contributed by atoms with van der Waals surface area (Å²) in [5.41, 5.74) is 12.9. The molecule has 2 nitrogen and oxygen atoms in total. The minimum Gasteiger partial charge on any atom is -0.456 e. The molecular weight excluding hydrogens is 595 g/mol. The molecule has 8 aromatic carbocycles. The summed E-state index contributed by atoms with van der Waals surface area (Å²) in [6.45, 7) is 4.68. The third-order valence-corrected chi connectivity index (χ3v) is 10.6. The van der Waals surface area contributed by atoms with E-state index in [0.29, 0.717) is 0 Å². The van der Waals surface area contributed by atoms with Crippen LogP contribution in [0.2, 0.25) is 0 Å². The van der Waals surface area contributed by atoms with Gasteiger partial charge in [-0.2, -0.15) is 0 Å². The second-order valence-corrected chi connectivity index (χ2v) is 13.8. The van der Waals surface area contributed by atoms with E-state index < -0.39 is 0 Å². The molecule has 0 bridgehead atoms. The molecule has 0 N–H and O–H groups in total. The number of rotatable bonds is 4. The molecule has 0 atom stereocenters. The first-order valence-electron chi connectivity index (χ1n) is 17.0. The van der Waals surface area contributed by atoms with Crippen LogP contribution >= 0.6 is 0 Å². The van der Waals surface area contributed by atoms with E-state index in [9.17, 15) is 0 Å². The van der Waals surface area contributed by atoms with Gasteiger partial charge in [-0.25, -0.2) is 0 Å². The summed E-state index contributed by atoms with van der Waals surface area (Å²) in [4.78, 5) is 2.43. The third kappa shape index (κ3) is 4.27. The molecule has 1 heterocycles. The molecule has 0 aliphatic heterocycles. The van der Waals surface area contributed by atoms with Gasteiger partial charge >= 0.3 is 0 Å². The van der Waals surface area contributed by atoms with Crippen molar-refractivity contribution in [1.82, 2.24) is 0 Å². The van der Waals surface area contributed by atoms with Crippen molar-refractivity contribution in [1.29, 1.82) is 0 Å². The third-order valence-electron chi connectivity index (χ3n) is 10.6. The molecule has 0 saturated carbocycles. The Morgan fingerprint density at radius 3 is 2.02 bits per heavy atom. The van der Waals surface area contributed by atoms with Crippen molar-refractivity contribution in [3.05, 3.63) is 175 Å². The maximum atomic E-state index is 6.33. The second kappa shape index (κ2) is 10.4. The molecule has 0 radical (unpaired) electrons. The predicted octanol–water partition coefficient (Wildman–Crippen LogP) is 13.3. The van der Waals surface area contributed by atoms with Crippen LogP contribution in [0, 0.1) is 0 Å². The molecular formula is C47H33NO. The van der Waals surface area contributed by atoms with Gasteiger partial charge in [0, 0.05) is 33.1 Å². The Morgan fingerprint density at radius 1 is 0.429 bits per heavy atom. The molecule has 2 heteroatoms. The first-order chi connectivity index (χ1) is 24.0. The van der Waals surface area contributed by atoms with Gasteiger partial charge in [-0.15, -0.1) is 0 Å². The van der Waals surface area contributed by atoms with Crippen molar-refractivity contribution in [2.75, 3.05) is 4.90 Å². The van der Waals surface area contributed by atoms with Crippen LogP contribution in [-0.2, 0) is 5.41 Å². The molecule has 0 spiro atoms. The van der Waals surface area contributed by atoms with Gasteiger partial charge in [0.25, 0.3) is 0 Å². The minimum atomic E-state index is -0.0564. The number of hydrogen-bond acceptors (Lipinski definition) is 2. The zero-order chi connectivity index (χ0) is 32.7. The fourth-order valence-corrected chi connectivity index (χ4v) is 8.14. The summed E-state index contributed by atoms with van der Waals surface area (Å²) >= 11 is 0. The number of hydrogen-bond donors (Lipinski definition) is 0. The molecule has 1 aromatic heterocycles. The predicted molar refractivity (Wildman–Crippen MR) is 206 cm³/mol. The number of benzene rings is 8. The Hall–Kier alpha value is -6.12. The highest BCUT2D eigenvalue weighted by molar-refractivity contribution is 6.10. The first-order valence-corrected chi connectivity index (χ1v) is 17.0. The number of anilines is 3. The maximum absolute atomic E-state index is 6.33. The molecule has 232 valence electrons. The summed E-state index contributed by atoms with van der Waals surface area (Å²) in [6, 6.07) is 59.7. The number of nitrogens with zero attached hydrogens (tertiary/aromatic N) is 1. The Balaban J connectivity index is 1.21. The van der Waals surface area contributed by atoms with E-state index in [2.05, 4.69) is 170 Å². The Labute approximate surface area is 285 Å². The topological polar surface area (TPSA) is 16.4 Å². The van der Waals surface area contributed by atoms with Crippen molar-refractivity contribution in [2.24, 2.45) is 0 Å². The van der Waals surface area contributed by atoms with Crippen LogP contribution < -0.4 is 4.90 Å². The van der Waals surface area contributed by atoms with Crippen LogP contribution in [0.4, 0.5) is 17.1 Å². The van der Waals surface area contributed by atoms with Crippen LogP contribution in [-0.4, -0.2) is 0 Å². The maximum Gasteiger partial charge on any atom is 0.136 e. The van der Waals surface area contributed by atoms with Crippen LogP contribution in [0.5, 0.6) is 0 Å². The van der Waals surface area contributed by atoms with Gasteiger partial charge in [-0.3, -0.25) is 0 Å². The van der Waals surface area contributed by atoms with Gasteiger partial charge in [0.15, 0.2) is 0 Å².